The lowest BCUT2D eigenvalue weighted by molar-refractivity contribution is -0.307. The van der Waals surface area contributed by atoms with E-state index in [2.05, 4.69) is 15.9 Å². The summed E-state index contributed by atoms with van der Waals surface area (Å²) < 4.78 is -0.869. The third-order valence-corrected chi connectivity index (χ3v) is 2.68. The van der Waals surface area contributed by atoms with Gasteiger partial charge >= 0.3 is 0 Å². The molecule has 0 saturated carbocycles. The maximum atomic E-state index is 10.2. The smallest absolute Gasteiger partial charge is 0.0713 e. The van der Waals surface area contributed by atoms with Crippen molar-refractivity contribution in [2.75, 3.05) is 12.0 Å². The van der Waals surface area contributed by atoms with Gasteiger partial charge in [-0.25, -0.2) is 0 Å². The van der Waals surface area contributed by atoms with Crippen LogP contribution in [-0.2, 0) is 4.79 Å². The molecule has 2 nitrogen and oxygen atoms in total. The number of carbonyl (C=O) groups excluding carboxylic acids is 1. The van der Waals surface area contributed by atoms with Crippen LogP contribution in [0.4, 0.5) is 0 Å². The molecule has 0 aliphatic heterocycles. The van der Waals surface area contributed by atoms with Crippen molar-refractivity contribution in [1.82, 2.24) is 0 Å². The molecule has 9 heavy (non-hydrogen) atoms. The fourth-order valence-corrected chi connectivity index (χ4v) is 1.68. The molecule has 4 heteroatoms. The zero-order valence-corrected chi connectivity index (χ0v) is 7.71. The van der Waals surface area contributed by atoms with Gasteiger partial charge in [0, 0.05) is 5.75 Å². The lowest BCUT2D eigenvalue weighted by Crippen LogP contribution is -2.42. The van der Waals surface area contributed by atoms with Crippen LogP contribution in [0.2, 0.25) is 0 Å². The van der Waals surface area contributed by atoms with Crippen molar-refractivity contribution in [1.29, 1.82) is 0 Å². The molecule has 0 radical (unpaired) electrons. The molecule has 0 aliphatic carbocycles. The normalized spacial score (nSPS) is 16.8. The summed E-state index contributed by atoms with van der Waals surface area (Å²) in [6.45, 7) is 1.58. The number of carboxylic acids is 1. The number of carbonyl (C=O) groups is 1. The molecular weight excluding hydrogens is 204 g/mol. The Bertz CT molecular complexity index is 114. The molecule has 1 atom stereocenters. The number of hydrogen-bond acceptors (Lipinski definition) is 3. The van der Waals surface area contributed by atoms with Crippen LogP contribution < -0.4 is 5.11 Å². The highest BCUT2D eigenvalue weighted by Crippen LogP contribution is 2.20. The summed E-state index contributed by atoms with van der Waals surface area (Å²) in [4.78, 5) is 10.2. The zero-order chi connectivity index (χ0) is 7.49. The van der Waals surface area contributed by atoms with Crippen LogP contribution in [-0.4, -0.2) is 22.3 Å². The topological polar surface area (TPSA) is 40.1 Å². The first-order valence-electron chi connectivity index (χ1n) is 2.40. The minimum Gasteiger partial charge on any atom is -0.549 e. The fraction of sp³-hybridized carbons (Fsp3) is 0.800. The lowest BCUT2D eigenvalue weighted by atomic mass is 10.2. The van der Waals surface area contributed by atoms with Crippen LogP contribution in [0.25, 0.3) is 0 Å². The molecule has 0 aromatic carbocycles. The molecule has 0 amide bonds. The zero-order valence-electron chi connectivity index (χ0n) is 5.31. The number of alkyl halides is 1. The van der Waals surface area contributed by atoms with Gasteiger partial charge in [-0.2, -0.15) is 11.8 Å². The first kappa shape index (κ1) is 9.30. The van der Waals surface area contributed by atoms with Gasteiger partial charge in [0.05, 0.1) is 10.3 Å². The molecule has 0 aliphatic rings. The highest BCUT2D eigenvalue weighted by atomic mass is 79.9. The minimum absolute atomic E-state index is 0.523. The number of carboxylic acid groups (broad SMARTS) is 1. The highest BCUT2D eigenvalue weighted by molar-refractivity contribution is 9.10. The van der Waals surface area contributed by atoms with Gasteiger partial charge in [-0.15, -0.1) is 0 Å². The van der Waals surface area contributed by atoms with Gasteiger partial charge in [0.15, 0.2) is 0 Å². The number of halogens is 1. The number of hydrogen-bond donors (Lipinski definition) is 0. The molecule has 0 bridgehead atoms. The van der Waals surface area contributed by atoms with E-state index in [1.54, 1.807) is 6.92 Å². The molecule has 0 rings (SSSR count). The average Bonchev–Trinajstić information content (AvgIpc) is 1.65. The van der Waals surface area contributed by atoms with Gasteiger partial charge in [0.1, 0.15) is 0 Å². The first-order chi connectivity index (χ1) is 4.00. The first-order valence-corrected chi connectivity index (χ1v) is 4.58. The van der Waals surface area contributed by atoms with Crippen molar-refractivity contribution >= 4 is 33.7 Å². The quantitative estimate of drug-likeness (QED) is 0.629. The fourth-order valence-electron chi connectivity index (χ4n) is 0.330. The summed E-state index contributed by atoms with van der Waals surface area (Å²) in [5, 5.41) is 10.2. The van der Waals surface area contributed by atoms with E-state index >= 15 is 0 Å². The van der Waals surface area contributed by atoms with Gasteiger partial charge in [-0.05, 0) is 13.2 Å². The standard InChI is InChI=1S/C5H9BrO2S/c1-5(6,3-9-2)4(7)8/h3H2,1-2H3,(H,7,8)/p-1. The third kappa shape index (κ3) is 3.11. The Balaban J connectivity index is 3.85. The van der Waals surface area contributed by atoms with E-state index in [1.807, 2.05) is 6.26 Å². The number of thioether (sulfide) groups is 1. The molecule has 0 heterocycles. The predicted molar refractivity (Wildman–Crippen MR) is 40.7 cm³/mol. The molecular formula is C5H8BrO2S-. The van der Waals surface area contributed by atoms with Crippen LogP contribution in [0, 0.1) is 0 Å². The monoisotopic (exact) mass is 211 g/mol. The minimum atomic E-state index is -1.06. The molecule has 0 saturated heterocycles. The van der Waals surface area contributed by atoms with E-state index in [0.717, 1.165) is 0 Å². The predicted octanol–water partition coefficient (Wildman–Crippen LogP) is 0.253. The average molecular weight is 212 g/mol. The van der Waals surface area contributed by atoms with Crippen LogP contribution in [0.5, 0.6) is 0 Å². The van der Waals surface area contributed by atoms with Gasteiger partial charge in [0.2, 0.25) is 0 Å². The second-order valence-corrected chi connectivity index (χ2v) is 4.53. The SMILES string of the molecule is CSCC(C)(Br)C(=O)[O-]. The maximum absolute atomic E-state index is 10.2. The third-order valence-electron chi connectivity index (χ3n) is 0.841. The second-order valence-electron chi connectivity index (χ2n) is 1.92. The highest BCUT2D eigenvalue weighted by Gasteiger charge is 2.20. The van der Waals surface area contributed by atoms with Gasteiger partial charge in [0.25, 0.3) is 0 Å². The van der Waals surface area contributed by atoms with Crippen molar-refractivity contribution < 1.29 is 9.90 Å². The van der Waals surface area contributed by atoms with E-state index < -0.39 is 10.3 Å². The van der Waals surface area contributed by atoms with Crippen molar-refractivity contribution in [2.24, 2.45) is 0 Å². The molecule has 0 N–H and O–H groups in total. The summed E-state index contributed by atoms with van der Waals surface area (Å²) in [5.41, 5.74) is 0. The van der Waals surface area contributed by atoms with E-state index in [4.69, 9.17) is 0 Å². The Hall–Kier alpha value is 0.300. The van der Waals surface area contributed by atoms with E-state index in [9.17, 15) is 9.90 Å². The van der Waals surface area contributed by atoms with Crippen LogP contribution in [0.15, 0.2) is 0 Å². The van der Waals surface area contributed by atoms with Crippen molar-refractivity contribution in [3.05, 3.63) is 0 Å². The van der Waals surface area contributed by atoms with Gasteiger partial charge < -0.3 is 9.90 Å². The second kappa shape index (κ2) is 3.46. The van der Waals surface area contributed by atoms with Crippen molar-refractivity contribution in [3.63, 3.8) is 0 Å². The molecule has 0 fully saturated rings. The largest absolute Gasteiger partial charge is 0.549 e. The maximum Gasteiger partial charge on any atom is 0.0713 e. The van der Waals surface area contributed by atoms with E-state index in [1.165, 1.54) is 11.8 Å². The Labute approximate surface area is 67.1 Å². The van der Waals surface area contributed by atoms with Crippen LogP contribution >= 0.6 is 27.7 Å². The van der Waals surface area contributed by atoms with E-state index in [0.29, 0.717) is 5.75 Å². The van der Waals surface area contributed by atoms with Crippen molar-refractivity contribution in [3.8, 4) is 0 Å². The van der Waals surface area contributed by atoms with E-state index in [-0.39, 0.29) is 0 Å². The van der Waals surface area contributed by atoms with Crippen LogP contribution in [0.1, 0.15) is 6.92 Å². The molecule has 0 aromatic heterocycles. The summed E-state index contributed by atoms with van der Waals surface area (Å²) in [5.74, 6) is -0.535. The number of aliphatic carboxylic acids is 1. The summed E-state index contributed by atoms with van der Waals surface area (Å²) in [7, 11) is 0. The molecule has 54 valence electrons. The van der Waals surface area contributed by atoms with Gasteiger partial charge in [-0.3, -0.25) is 0 Å². The Kier molecular flexibility index (Phi) is 3.58. The summed E-state index contributed by atoms with van der Waals surface area (Å²) in [6.07, 6.45) is 1.85. The lowest BCUT2D eigenvalue weighted by Gasteiger charge is -2.21. The van der Waals surface area contributed by atoms with Crippen LogP contribution in [0.3, 0.4) is 0 Å². The summed E-state index contributed by atoms with van der Waals surface area (Å²) >= 11 is 4.49. The summed E-state index contributed by atoms with van der Waals surface area (Å²) in [6, 6.07) is 0. The molecule has 1 unspecified atom stereocenters. The number of rotatable bonds is 3. The van der Waals surface area contributed by atoms with Crippen molar-refractivity contribution in [2.45, 2.75) is 11.2 Å². The molecule has 0 aromatic rings. The Morgan fingerprint density at radius 1 is 1.89 bits per heavy atom. The van der Waals surface area contributed by atoms with Gasteiger partial charge in [-0.1, -0.05) is 15.9 Å². The Morgan fingerprint density at radius 2 is 2.33 bits per heavy atom. The molecule has 0 spiro atoms. The Morgan fingerprint density at radius 3 is 2.44 bits per heavy atom.